The molecule has 2 aromatic rings. The van der Waals surface area contributed by atoms with Crippen molar-refractivity contribution in [3.8, 4) is 11.5 Å². The second-order valence-electron chi connectivity index (χ2n) is 6.10. The highest BCUT2D eigenvalue weighted by Crippen LogP contribution is 2.29. The average molecular weight is 305 g/mol. The summed E-state index contributed by atoms with van der Waals surface area (Å²) in [7, 11) is 0. The standard InChI is InChI=1S/C17H21ClN2O/c1-12-5-6-14(18)9-16(12)21-15-7-8-19-10-13(15)11-20-17(2,3)4/h5-10,20H,11H2,1-4H3. The van der Waals surface area contributed by atoms with E-state index in [-0.39, 0.29) is 5.54 Å². The fraction of sp³-hybridized carbons (Fsp3) is 0.353. The normalized spacial score (nSPS) is 11.5. The fourth-order valence-corrected chi connectivity index (χ4v) is 1.97. The molecule has 0 bridgehead atoms. The molecule has 0 aliphatic heterocycles. The number of nitrogens with one attached hydrogen (secondary N) is 1. The van der Waals surface area contributed by atoms with Crippen LogP contribution in [0.4, 0.5) is 0 Å². The van der Waals surface area contributed by atoms with E-state index in [0.29, 0.717) is 11.6 Å². The molecule has 0 unspecified atom stereocenters. The predicted octanol–water partition coefficient (Wildman–Crippen LogP) is 4.72. The molecule has 3 nitrogen and oxygen atoms in total. The van der Waals surface area contributed by atoms with Crippen LogP contribution in [-0.4, -0.2) is 10.5 Å². The number of pyridine rings is 1. The van der Waals surface area contributed by atoms with Crippen LogP contribution in [0.25, 0.3) is 0 Å². The van der Waals surface area contributed by atoms with E-state index < -0.39 is 0 Å². The molecule has 1 heterocycles. The molecule has 2 rings (SSSR count). The Morgan fingerprint density at radius 3 is 2.67 bits per heavy atom. The molecular weight excluding hydrogens is 284 g/mol. The van der Waals surface area contributed by atoms with Crippen molar-refractivity contribution in [2.45, 2.75) is 39.8 Å². The van der Waals surface area contributed by atoms with Gasteiger partial charge < -0.3 is 10.1 Å². The molecule has 0 aliphatic carbocycles. The molecule has 1 aromatic carbocycles. The molecule has 21 heavy (non-hydrogen) atoms. The molecule has 0 amide bonds. The van der Waals surface area contributed by atoms with Crippen molar-refractivity contribution in [2.24, 2.45) is 0 Å². The van der Waals surface area contributed by atoms with Crippen molar-refractivity contribution in [1.29, 1.82) is 0 Å². The van der Waals surface area contributed by atoms with Gasteiger partial charge in [-0.15, -0.1) is 0 Å². The largest absolute Gasteiger partial charge is 0.457 e. The van der Waals surface area contributed by atoms with Crippen molar-refractivity contribution in [1.82, 2.24) is 10.3 Å². The molecule has 0 saturated heterocycles. The Morgan fingerprint density at radius 1 is 1.19 bits per heavy atom. The van der Waals surface area contributed by atoms with E-state index >= 15 is 0 Å². The Labute approximate surface area is 131 Å². The van der Waals surface area contributed by atoms with Crippen LogP contribution in [0.1, 0.15) is 31.9 Å². The van der Waals surface area contributed by atoms with Gasteiger partial charge in [0.05, 0.1) is 0 Å². The first-order chi connectivity index (χ1) is 9.85. The third kappa shape index (κ3) is 4.73. The van der Waals surface area contributed by atoms with Gasteiger partial charge in [-0.05, 0) is 51.5 Å². The summed E-state index contributed by atoms with van der Waals surface area (Å²) in [5, 5.41) is 4.11. The van der Waals surface area contributed by atoms with Crippen molar-refractivity contribution in [3.05, 3.63) is 52.8 Å². The Kier molecular flexibility index (Phi) is 4.86. The van der Waals surface area contributed by atoms with Gasteiger partial charge in [-0.25, -0.2) is 0 Å². The molecule has 0 radical (unpaired) electrons. The summed E-state index contributed by atoms with van der Waals surface area (Å²) >= 11 is 6.04. The van der Waals surface area contributed by atoms with E-state index in [1.807, 2.05) is 37.4 Å². The predicted molar refractivity (Wildman–Crippen MR) is 87.1 cm³/mol. The maximum atomic E-state index is 6.04. The Bertz CT molecular complexity index is 620. The summed E-state index contributed by atoms with van der Waals surface area (Å²) in [6, 6.07) is 7.52. The third-order valence-electron chi connectivity index (χ3n) is 3.04. The highest BCUT2D eigenvalue weighted by molar-refractivity contribution is 6.30. The second-order valence-corrected chi connectivity index (χ2v) is 6.54. The molecule has 0 spiro atoms. The number of aromatic nitrogens is 1. The van der Waals surface area contributed by atoms with E-state index in [1.54, 1.807) is 6.20 Å². The minimum atomic E-state index is 0.0408. The lowest BCUT2D eigenvalue weighted by molar-refractivity contribution is 0.413. The van der Waals surface area contributed by atoms with Crippen LogP contribution in [0, 0.1) is 6.92 Å². The zero-order valence-corrected chi connectivity index (χ0v) is 13.7. The van der Waals surface area contributed by atoms with Gasteiger partial charge in [0.15, 0.2) is 0 Å². The van der Waals surface area contributed by atoms with E-state index in [4.69, 9.17) is 16.3 Å². The minimum absolute atomic E-state index is 0.0408. The van der Waals surface area contributed by atoms with Crippen LogP contribution >= 0.6 is 11.6 Å². The zero-order chi connectivity index (χ0) is 15.5. The maximum Gasteiger partial charge on any atom is 0.135 e. The highest BCUT2D eigenvalue weighted by atomic mass is 35.5. The lowest BCUT2D eigenvalue weighted by atomic mass is 10.1. The first-order valence-corrected chi connectivity index (χ1v) is 7.35. The molecule has 0 aliphatic rings. The van der Waals surface area contributed by atoms with E-state index in [9.17, 15) is 0 Å². The number of benzene rings is 1. The topological polar surface area (TPSA) is 34.1 Å². The van der Waals surface area contributed by atoms with Crippen LogP contribution in [0.2, 0.25) is 5.02 Å². The quantitative estimate of drug-likeness (QED) is 0.887. The molecule has 4 heteroatoms. The summed E-state index contributed by atoms with van der Waals surface area (Å²) in [5.74, 6) is 1.57. The first kappa shape index (κ1) is 15.8. The molecular formula is C17H21ClN2O. The number of hydrogen-bond acceptors (Lipinski definition) is 3. The Morgan fingerprint density at radius 2 is 1.95 bits per heavy atom. The van der Waals surface area contributed by atoms with Crippen molar-refractivity contribution in [2.75, 3.05) is 0 Å². The Hall–Kier alpha value is -1.58. The zero-order valence-electron chi connectivity index (χ0n) is 12.9. The van der Waals surface area contributed by atoms with Gasteiger partial charge in [0.25, 0.3) is 0 Å². The van der Waals surface area contributed by atoms with Crippen LogP contribution in [0.5, 0.6) is 11.5 Å². The Balaban J connectivity index is 2.22. The number of nitrogens with zero attached hydrogens (tertiary/aromatic N) is 1. The van der Waals surface area contributed by atoms with Crippen LogP contribution in [0.15, 0.2) is 36.7 Å². The van der Waals surface area contributed by atoms with Gasteiger partial charge in [0, 0.05) is 35.1 Å². The molecule has 112 valence electrons. The summed E-state index contributed by atoms with van der Waals surface area (Å²) < 4.78 is 6.02. The van der Waals surface area contributed by atoms with E-state index in [0.717, 1.165) is 22.6 Å². The SMILES string of the molecule is Cc1ccc(Cl)cc1Oc1ccncc1CNC(C)(C)C. The monoisotopic (exact) mass is 304 g/mol. The number of aryl methyl sites for hydroxylation is 1. The maximum absolute atomic E-state index is 6.04. The fourth-order valence-electron chi connectivity index (χ4n) is 1.81. The van der Waals surface area contributed by atoms with E-state index in [2.05, 4.69) is 31.1 Å². The van der Waals surface area contributed by atoms with Crippen molar-refractivity contribution < 1.29 is 4.74 Å². The van der Waals surface area contributed by atoms with Gasteiger partial charge in [0.1, 0.15) is 11.5 Å². The number of rotatable bonds is 4. The van der Waals surface area contributed by atoms with Crippen molar-refractivity contribution in [3.63, 3.8) is 0 Å². The lowest BCUT2D eigenvalue weighted by Gasteiger charge is -2.21. The molecule has 0 fully saturated rings. The van der Waals surface area contributed by atoms with Gasteiger partial charge in [0.2, 0.25) is 0 Å². The van der Waals surface area contributed by atoms with Crippen molar-refractivity contribution >= 4 is 11.6 Å². The smallest absolute Gasteiger partial charge is 0.135 e. The van der Waals surface area contributed by atoms with Gasteiger partial charge in [-0.3, -0.25) is 4.98 Å². The summed E-state index contributed by atoms with van der Waals surface area (Å²) in [6.45, 7) is 9.09. The van der Waals surface area contributed by atoms with Gasteiger partial charge >= 0.3 is 0 Å². The number of ether oxygens (including phenoxy) is 1. The summed E-state index contributed by atoms with van der Waals surface area (Å²) in [5.41, 5.74) is 2.11. The molecule has 1 N–H and O–H groups in total. The van der Waals surface area contributed by atoms with E-state index in [1.165, 1.54) is 0 Å². The third-order valence-corrected chi connectivity index (χ3v) is 3.27. The molecule has 1 aromatic heterocycles. The van der Waals surface area contributed by atoms with Crippen LogP contribution in [-0.2, 0) is 6.54 Å². The first-order valence-electron chi connectivity index (χ1n) is 6.97. The van der Waals surface area contributed by atoms with Gasteiger partial charge in [-0.2, -0.15) is 0 Å². The lowest BCUT2D eigenvalue weighted by Crippen LogP contribution is -2.35. The number of hydrogen-bond donors (Lipinski definition) is 1. The minimum Gasteiger partial charge on any atom is -0.457 e. The molecule has 0 atom stereocenters. The number of halogens is 1. The highest BCUT2D eigenvalue weighted by Gasteiger charge is 2.12. The summed E-state index contributed by atoms with van der Waals surface area (Å²) in [4.78, 5) is 4.18. The summed E-state index contributed by atoms with van der Waals surface area (Å²) in [6.07, 6.45) is 3.56. The second kappa shape index (κ2) is 6.46. The molecule has 0 saturated carbocycles. The van der Waals surface area contributed by atoms with Gasteiger partial charge in [-0.1, -0.05) is 17.7 Å². The average Bonchev–Trinajstić information content (AvgIpc) is 2.41. The van der Waals surface area contributed by atoms with Crippen LogP contribution < -0.4 is 10.1 Å². The van der Waals surface area contributed by atoms with Crippen LogP contribution in [0.3, 0.4) is 0 Å².